The number of fused-ring (bicyclic) bond motifs is 1. The second-order valence-corrected chi connectivity index (χ2v) is 11.7. The maximum Gasteiger partial charge on any atom is 0.264 e. The molecule has 0 bridgehead atoms. The van der Waals surface area contributed by atoms with Crippen molar-refractivity contribution < 1.29 is 27.2 Å². The lowest BCUT2D eigenvalue weighted by Gasteiger charge is -2.41. The molecule has 10 heteroatoms. The van der Waals surface area contributed by atoms with Gasteiger partial charge >= 0.3 is 0 Å². The average Bonchev–Trinajstić information content (AvgIpc) is 3.49. The Labute approximate surface area is 199 Å². The fraction of sp³-hybridized carbons (Fsp3) is 0.625. The number of primary amides is 1. The first kappa shape index (κ1) is 24.8. The van der Waals surface area contributed by atoms with E-state index < -0.39 is 38.7 Å². The molecule has 1 amide bonds. The molecule has 4 rings (SSSR count). The van der Waals surface area contributed by atoms with E-state index in [0.717, 1.165) is 12.8 Å². The van der Waals surface area contributed by atoms with E-state index in [2.05, 4.69) is 10.3 Å². The highest BCUT2D eigenvalue weighted by Gasteiger charge is 2.52. The third kappa shape index (κ3) is 5.50. The minimum absolute atomic E-state index is 0.00654. The van der Waals surface area contributed by atoms with Gasteiger partial charge in [0.25, 0.3) is 5.89 Å². The second-order valence-electron chi connectivity index (χ2n) is 9.56. The van der Waals surface area contributed by atoms with E-state index in [4.69, 9.17) is 14.9 Å². The predicted molar refractivity (Wildman–Crippen MR) is 127 cm³/mol. The molecular weight excluding hydrogens is 458 g/mol. The number of aromatic nitrogens is 1. The molecule has 1 unspecified atom stereocenters. The fourth-order valence-corrected chi connectivity index (χ4v) is 7.12. The molecule has 1 saturated carbocycles. The first-order chi connectivity index (χ1) is 16.2. The van der Waals surface area contributed by atoms with Gasteiger partial charge in [-0.1, -0.05) is 25.5 Å². The van der Waals surface area contributed by atoms with E-state index in [1.807, 2.05) is 6.92 Å². The molecule has 34 heavy (non-hydrogen) atoms. The van der Waals surface area contributed by atoms with Gasteiger partial charge in [0.15, 0.2) is 15.4 Å². The van der Waals surface area contributed by atoms with Gasteiger partial charge < -0.3 is 14.9 Å². The van der Waals surface area contributed by atoms with E-state index in [1.54, 1.807) is 24.3 Å². The summed E-state index contributed by atoms with van der Waals surface area (Å²) < 4.78 is 37.6. The Morgan fingerprint density at radius 1 is 1.21 bits per heavy atom. The van der Waals surface area contributed by atoms with Crippen molar-refractivity contribution in [3.8, 4) is 0 Å². The number of nitrogens with two attached hydrogens (primary N) is 1. The Balaban J connectivity index is 1.75. The summed E-state index contributed by atoms with van der Waals surface area (Å²) in [4.78, 5) is 31.3. The van der Waals surface area contributed by atoms with Crippen LogP contribution in [-0.4, -0.2) is 61.4 Å². The molecule has 2 heterocycles. The summed E-state index contributed by atoms with van der Waals surface area (Å²) in [5.41, 5.74) is 5.16. The summed E-state index contributed by atoms with van der Waals surface area (Å²) in [6, 6.07) is 6.79. The number of carbonyl (C=O) groups excluding carboxylic acids is 2. The van der Waals surface area contributed by atoms with Crippen molar-refractivity contribution in [2.75, 3.05) is 24.7 Å². The molecular formula is C24H33N3O6S. The highest BCUT2D eigenvalue weighted by atomic mass is 32.2. The van der Waals surface area contributed by atoms with Crippen LogP contribution in [0, 0.1) is 11.8 Å². The van der Waals surface area contributed by atoms with Crippen molar-refractivity contribution in [2.45, 2.75) is 57.0 Å². The summed E-state index contributed by atoms with van der Waals surface area (Å²) >= 11 is 0. The number of nitrogens with zero attached hydrogens (tertiary/aromatic N) is 1. The fourth-order valence-electron chi connectivity index (χ4n) is 4.83. The topological polar surface area (TPSA) is 142 Å². The average molecular weight is 492 g/mol. The zero-order valence-electron chi connectivity index (χ0n) is 19.5. The van der Waals surface area contributed by atoms with Gasteiger partial charge in [-0.2, -0.15) is 0 Å². The zero-order chi connectivity index (χ0) is 24.3. The van der Waals surface area contributed by atoms with Gasteiger partial charge in [-0.3, -0.25) is 14.9 Å². The van der Waals surface area contributed by atoms with E-state index in [0.29, 0.717) is 43.6 Å². The van der Waals surface area contributed by atoms with Gasteiger partial charge in [0.2, 0.25) is 11.7 Å². The molecule has 1 aliphatic carbocycles. The Morgan fingerprint density at radius 3 is 2.53 bits per heavy atom. The van der Waals surface area contributed by atoms with E-state index >= 15 is 0 Å². The highest BCUT2D eigenvalue weighted by Crippen LogP contribution is 2.34. The second kappa shape index (κ2) is 10.1. The molecule has 1 saturated heterocycles. The maximum atomic E-state index is 13.8. The number of para-hydroxylation sites is 2. The number of nitrogens with one attached hydrogen (secondary N) is 1. The number of Topliss-reactive ketones (excluding diaryl/α,β-unsaturated/α-hetero) is 1. The molecule has 186 valence electrons. The molecule has 1 aromatic heterocycles. The van der Waals surface area contributed by atoms with Crippen LogP contribution in [0.1, 0.15) is 56.1 Å². The summed E-state index contributed by atoms with van der Waals surface area (Å²) in [6.07, 6.45) is 3.70. The van der Waals surface area contributed by atoms with E-state index in [1.165, 1.54) is 0 Å². The molecule has 0 radical (unpaired) electrons. The van der Waals surface area contributed by atoms with Crippen LogP contribution >= 0.6 is 0 Å². The quantitative estimate of drug-likeness (QED) is 0.431. The van der Waals surface area contributed by atoms with Gasteiger partial charge in [0.05, 0.1) is 17.4 Å². The Hall–Kier alpha value is -2.30. The number of ether oxygens (including phenoxy) is 1. The van der Waals surface area contributed by atoms with Crippen LogP contribution in [0.25, 0.3) is 11.1 Å². The zero-order valence-corrected chi connectivity index (χ0v) is 20.3. The lowest BCUT2D eigenvalue weighted by Crippen LogP contribution is -2.68. The summed E-state index contributed by atoms with van der Waals surface area (Å²) in [6.45, 7) is 2.85. The summed E-state index contributed by atoms with van der Waals surface area (Å²) in [5, 5.41) is 3.26. The predicted octanol–water partition coefficient (Wildman–Crippen LogP) is 2.24. The Kier molecular flexibility index (Phi) is 7.39. The number of benzene rings is 1. The smallest absolute Gasteiger partial charge is 0.264 e. The first-order valence-electron chi connectivity index (χ1n) is 12.0. The minimum atomic E-state index is -3.67. The van der Waals surface area contributed by atoms with Crippen LogP contribution in [0.3, 0.4) is 0 Å². The molecule has 1 aliphatic heterocycles. The van der Waals surface area contributed by atoms with Gasteiger partial charge in [-0.05, 0) is 50.2 Å². The van der Waals surface area contributed by atoms with E-state index in [9.17, 15) is 18.0 Å². The van der Waals surface area contributed by atoms with Crippen molar-refractivity contribution >= 4 is 32.6 Å². The number of hydrogen-bond acceptors (Lipinski definition) is 8. The number of oxazole rings is 1. The number of carbonyl (C=O) groups is 2. The van der Waals surface area contributed by atoms with Crippen LogP contribution in [0.4, 0.5) is 0 Å². The summed E-state index contributed by atoms with van der Waals surface area (Å²) in [5.74, 6) is -2.97. The third-order valence-electron chi connectivity index (χ3n) is 6.75. The van der Waals surface area contributed by atoms with Gasteiger partial charge in [0.1, 0.15) is 11.1 Å². The molecule has 2 fully saturated rings. The molecule has 0 spiro atoms. The lowest BCUT2D eigenvalue weighted by molar-refractivity contribution is -0.126. The maximum absolute atomic E-state index is 13.8. The number of hydrogen-bond donors (Lipinski definition) is 2. The lowest BCUT2D eigenvalue weighted by atomic mass is 9.77. The normalized spacial score (nSPS) is 20.1. The van der Waals surface area contributed by atoms with Crippen molar-refractivity contribution in [1.29, 1.82) is 0 Å². The standard InChI is InChI=1S/C24H33N3O6S/c1-2-5-18(21(28)22-26-19-6-3-4-7-20(19)33-22)24(23(25)29,27-17-10-12-32-13-11-17)15-34(30,31)14-16-8-9-16/h3-4,6-7,16-18,27H,2,5,8-15H2,1H3,(H2,25,29)/t18-,24?/m1/s1. The molecule has 9 nitrogen and oxygen atoms in total. The molecule has 2 aromatic rings. The molecule has 3 N–H and O–H groups in total. The van der Waals surface area contributed by atoms with Crippen LogP contribution in [0.2, 0.25) is 0 Å². The monoisotopic (exact) mass is 491 g/mol. The van der Waals surface area contributed by atoms with E-state index in [-0.39, 0.29) is 30.0 Å². The van der Waals surface area contributed by atoms with Crippen LogP contribution in [-0.2, 0) is 19.4 Å². The van der Waals surface area contributed by atoms with Crippen molar-refractivity contribution in [1.82, 2.24) is 10.3 Å². The van der Waals surface area contributed by atoms with Crippen LogP contribution < -0.4 is 11.1 Å². The Morgan fingerprint density at radius 2 is 1.91 bits per heavy atom. The number of ketones is 1. The number of sulfone groups is 1. The number of rotatable bonds is 12. The molecule has 1 aromatic carbocycles. The van der Waals surface area contributed by atoms with Crippen LogP contribution in [0.15, 0.2) is 28.7 Å². The van der Waals surface area contributed by atoms with Crippen molar-refractivity contribution in [2.24, 2.45) is 17.6 Å². The van der Waals surface area contributed by atoms with Gasteiger partial charge in [0, 0.05) is 19.3 Å². The van der Waals surface area contributed by atoms with Crippen molar-refractivity contribution in [3.63, 3.8) is 0 Å². The summed E-state index contributed by atoms with van der Waals surface area (Å²) in [7, 11) is -3.67. The SMILES string of the molecule is CCC[C@H](C(=O)c1nc2ccccc2o1)C(CS(=O)(=O)CC1CC1)(NC1CCOCC1)C(N)=O. The van der Waals surface area contributed by atoms with Gasteiger partial charge in [-0.15, -0.1) is 0 Å². The largest absolute Gasteiger partial charge is 0.434 e. The minimum Gasteiger partial charge on any atom is -0.434 e. The van der Waals surface area contributed by atoms with Gasteiger partial charge in [-0.25, -0.2) is 13.4 Å². The Bertz CT molecular complexity index is 1100. The van der Waals surface area contributed by atoms with Crippen molar-refractivity contribution in [3.05, 3.63) is 30.2 Å². The third-order valence-corrected chi connectivity index (χ3v) is 8.62. The number of amides is 1. The first-order valence-corrected chi connectivity index (χ1v) is 13.8. The highest BCUT2D eigenvalue weighted by molar-refractivity contribution is 7.91. The molecule has 2 atom stereocenters. The molecule has 2 aliphatic rings. The van der Waals surface area contributed by atoms with Crippen LogP contribution in [0.5, 0.6) is 0 Å².